The number of rotatable bonds is 0. The fourth-order valence-corrected chi connectivity index (χ4v) is 5.96. The van der Waals surface area contributed by atoms with E-state index in [-0.39, 0.29) is 10.8 Å². The van der Waals surface area contributed by atoms with E-state index in [1.165, 1.54) is 66.8 Å². The molecule has 0 aliphatic heterocycles. The van der Waals surface area contributed by atoms with Gasteiger partial charge in [0.15, 0.2) is 0 Å². The smallest absolute Gasteiger partial charge is 0.0159 e. The summed E-state index contributed by atoms with van der Waals surface area (Å²) in [6.07, 6.45) is 0. The Balaban J connectivity index is 0.000000142. The van der Waals surface area contributed by atoms with Crippen LogP contribution in [0.3, 0.4) is 0 Å². The van der Waals surface area contributed by atoms with E-state index in [1.54, 1.807) is 0 Å². The van der Waals surface area contributed by atoms with Crippen LogP contribution in [0.2, 0.25) is 0 Å². The van der Waals surface area contributed by atoms with E-state index in [0.717, 1.165) is 0 Å². The van der Waals surface area contributed by atoms with Gasteiger partial charge in [0.2, 0.25) is 0 Å². The van der Waals surface area contributed by atoms with Crippen molar-refractivity contribution in [3.8, 4) is 22.3 Å². The third-order valence-electron chi connectivity index (χ3n) is 7.97. The van der Waals surface area contributed by atoms with Crippen molar-refractivity contribution < 1.29 is 0 Å². The Morgan fingerprint density at radius 2 is 0.676 bits per heavy atom. The molecule has 34 heavy (non-hydrogen) atoms. The van der Waals surface area contributed by atoms with Crippen molar-refractivity contribution in [2.75, 3.05) is 0 Å². The van der Waals surface area contributed by atoms with Crippen LogP contribution in [-0.2, 0) is 10.8 Å². The molecule has 0 saturated carbocycles. The third kappa shape index (κ3) is 3.43. The third-order valence-corrected chi connectivity index (χ3v) is 7.97. The Hall–Kier alpha value is -3.12. The van der Waals surface area contributed by atoms with Crippen LogP contribution in [0.25, 0.3) is 22.3 Å². The van der Waals surface area contributed by atoms with Crippen LogP contribution >= 0.6 is 0 Å². The van der Waals surface area contributed by atoms with Crippen LogP contribution in [0.5, 0.6) is 0 Å². The topological polar surface area (TPSA) is 0 Å². The maximum Gasteiger partial charge on any atom is 0.0159 e. The van der Waals surface area contributed by atoms with Gasteiger partial charge in [-0.1, -0.05) is 123 Å². The van der Waals surface area contributed by atoms with Gasteiger partial charge in [0, 0.05) is 10.8 Å². The minimum Gasteiger partial charge on any atom is -0.0590 e. The summed E-state index contributed by atoms with van der Waals surface area (Å²) in [5, 5.41) is 0. The molecule has 0 bridgehead atoms. The molecule has 0 saturated heterocycles. The molecule has 2 aliphatic rings. The lowest BCUT2D eigenvalue weighted by Gasteiger charge is -2.22. The van der Waals surface area contributed by atoms with Crippen molar-refractivity contribution in [1.82, 2.24) is 0 Å². The molecule has 0 nitrogen and oxygen atoms in total. The molecule has 0 aromatic heterocycles. The molecule has 0 amide bonds. The van der Waals surface area contributed by atoms with E-state index in [1.807, 2.05) is 0 Å². The molecular weight excluding hydrogens is 408 g/mol. The highest BCUT2D eigenvalue weighted by Gasteiger charge is 2.36. The first-order chi connectivity index (χ1) is 16.0. The maximum atomic E-state index is 2.34. The molecule has 0 unspecified atom stereocenters. The molecule has 6 rings (SSSR count). The quantitative estimate of drug-likeness (QED) is 0.253. The summed E-state index contributed by atoms with van der Waals surface area (Å²) in [4.78, 5) is 0. The average molecular weight is 445 g/mol. The Bertz CT molecular complexity index is 1320. The van der Waals surface area contributed by atoms with Gasteiger partial charge < -0.3 is 0 Å². The summed E-state index contributed by atoms with van der Waals surface area (Å²) in [7, 11) is 0. The molecule has 0 atom stereocenters. The number of aryl methyl sites for hydroxylation is 4. The zero-order chi connectivity index (χ0) is 24.4. The largest absolute Gasteiger partial charge is 0.0590 e. The average Bonchev–Trinajstić information content (AvgIpc) is 3.12. The van der Waals surface area contributed by atoms with Crippen molar-refractivity contribution in [1.29, 1.82) is 0 Å². The highest BCUT2D eigenvalue weighted by molar-refractivity contribution is 5.82. The van der Waals surface area contributed by atoms with E-state index in [4.69, 9.17) is 0 Å². The van der Waals surface area contributed by atoms with Crippen LogP contribution in [0.1, 0.15) is 72.2 Å². The molecule has 4 aromatic rings. The molecule has 0 heterocycles. The monoisotopic (exact) mass is 444 g/mol. The Morgan fingerprint density at radius 3 is 1.09 bits per heavy atom. The van der Waals surface area contributed by atoms with Gasteiger partial charge in [-0.3, -0.25) is 0 Å². The lowest BCUT2D eigenvalue weighted by atomic mass is 9.81. The first-order valence-electron chi connectivity index (χ1n) is 12.5. The van der Waals surface area contributed by atoms with E-state index >= 15 is 0 Å². The van der Waals surface area contributed by atoms with Gasteiger partial charge in [0.25, 0.3) is 0 Å². The van der Waals surface area contributed by atoms with Crippen LogP contribution in [0.4, 0.5) is 0 Å². The molecule has 4 aromatic carbocycles. The lowest BCUT2D eigenvalue weighted by molar-refractivity contribution is 0.659. The molecule has 0 spiro atoms. The summed E-state index contributed by atoms with van der Waals surface area (Å²) in [6, 6.07) is 27.3. The van der Waals surface area contributed by atoms with Crippen LogP contribution in [0, 0.1) is 27.7 Å². The van der Waals surface area contributed by atoms with E-state index in [2.05, 4.69) is 128 Å². The zero-order valence-electron chi connectivity index (χ0n) is 21.9. The Morgan fingerprint density at radius 1 is 0.353 bits per heavy atom. The number of fused-ring (bicyclic) bond motifs is 6. The van der Waals surface area contributed by atoms with E-state index in [0.29, 0.717) is 0 Å². The van der Waals surface area contributed by atoms with Gasteiger partial charge in [-0.05, 0) is 72.2 Å². The first-order valence-corrected chi connectivity index (χ1v) is 12.5. The Labute approximate surface area is 205 Å². The Kier molecular flexibility index (Phi) is 5.13. The van der Waals surface area contributed by atoms with Crippen molar-refractivity contribution >= 4 is 0 Å². The van der Waals surface area contributed by atoms with Gasteiger partial charge in [-0.15, -0.1) is 0 Å². The molecule has 2 aliphatic carbocycles. The summed E-state index contributed by atoms with van der Waals surface area (Å²) < 4.78 is 0. The number of hydrogen-bond donors (Lipinski definition) is 0. The van der Waals surface area contributed by atoms with Gasteiger partial charge in [0.05, 0.1) is 0 Å². The van der Waals surface area contributed by atoms with Gasteiger partial charge in [0.1, 0.15) is 0 Å². The summed E-state index contributed by atoms with van der Waals surface area (Å²) in [6.45, 7) is 18.0. The zero-order valence-corrected chi connectivity index (χ0v) is 21.9. The van der Waals surface area contributed by atoms with Crippen molar-refractivity contribution in [2.45, 2.75) is 66.2 Å². The molecule has 0 fully saturated rings. The molecule has 172 valence electrons. The second-order valence-electron chi connectivity index (χ2n) is 11.4. The normalized spacial score (nSPS) is 15.5. The highest BCUT2D eigenvalue weighted by atomic mass is 14.4. The van der Waals surface area contributed by atoms with Crippen LogP contribution < -0.4 is 0 Å². The number of benzene rings is 4. The van der Waals surface area contributed by atoms with E-state index < -0.39 is 0 Å². The lowest BCUT2D eigenvalue weighted by Crippen LogP contribution is -2.15. The molecular formula is C34H36. The van der Waals surface area contributed by atoms with Crippen LogP contribution in [0.15, 0.2) is 72.8 Å². The summed E-state index contributed by atoms with van der Waals surface area (Å²) in [5.74, 6) is 0. The highest BCUT2D eigenvalue weighted by Crippen LogP contribution is 2.50. The van der Waals surface area contributed by atoms with Crippen LogP contribution in [-0.4, -0.2) is 0 Å². The fourth-order valence-electron chi connectivity index (χ4n) is 5.96. The maximum absolute atomic E-state index is 2.34. The second kappa shape index (κ2) is 7.70. The van der Waals surface area contributed by atoms with Crippen molar-refractivity contribution in [3.05, 3.63) is 117 Å². The standard InChI is InChI=1S/2C17H18/c1-11-5-7-15-13(9-11)14-10-12(2)6-8-16(14)17(15,3)4;1-11-5-7-13-14-8-6-12(2)10-16(14)17(3,4)15(13)9-11/h2*5-10H,1-4H3. The van der Waals surface area contributed by atoms with E-state index in [9.17, 15) is 0 Å². The predicted octanol–water partition coefficient (Wildman–Crippen LogP) is 9.22. The van der Waals surface area contributed by atoms with Gasteiger partial charge in [-0.2, -0.15) is 0 Å². The SMILES string of the molecule is Cc1ccc2c(c1)-c1cc(C)ccc1C2(C)C.Cc1ccc2c(c1)C(C)(C)c1cc(C)ccc1-2. The summed E-state index contributed by atoms with van der Waals surface area (Å²) >= 11 is 0. The van der Waals surface area contributed by atoms with Crippen molar-refractivity contribution in [2.24, 2.45) is 0 Å². The summed E-state index contributed by atoms with van der Waals surface area (Å²) in [5.41, 5.74) is 17.2. The fraction of sp³-hybridized carbons (Fsp3) is 0.294. The molecule has 0 N–H and O–H groups in total. The van der Waals surface area contributed by atoms with Gasteiger partial charge in [-0.25, -0.2) is 0 Å². The minimum atomic E-state index is 0.142. The second-order valence-corrected chi connectivity index (χ2v) is 11.4. The molecule has 0 heteroatoms. The molecule has 0 radical (unpaired) electrons. The van der Waals surface area contributed by atoms with Gasteiger partial charge >= 0.3 is 0 Å². The first kappa shape index (κ1) is 22.7. The number of hydrogen-bond acceptors (Lipinski definition) is 0. The predicted molar refractivity (Wildman–Crippen MR) is 147 cm³/mol. The van der Waals surface area contributed by atoms with Crippen molar-refractivity contribution in [3.63, 3.8) is 0 Å². The minimum absolute atomic E-state index is 0.142.